The predicted octanol–water partition coefficient (Wildman–Crippen LogP) is 2.63. The Morgan fingerprint density at radius 1 is 1.12 bits per heavy atom. The first kappa shape index (κ1) is 30.8. The van der Waals surface area contributed by atoms with Crippen LogP contribution in [0.2, 0.25) is 0 Å². The van der Waals surface area contributed by atoms with Crippen LogP contribution in [0.1, 0.15) is 56.1 Å². The summed E-state index contributed by atoms with van der Waals surface area (Å²) in [5, 5.41) is 24.8. The maximum absolute atomic E-state index is 13.7. The van der Waals surface area contributed by atoms with Gasteiger partial charge in [-0.05, 0) is 70.1 Å². The lowest BCUT2D eigenvalue weighted by Crippen LogP contribution is -2.45. The van der Waals surface area contributed by atoms with E-state index in [4.69, 9.17) is 9.47 Å². The molecule has 1 aromatic carbocycles. The smallest absolute Gasteiger partial charge is 0.308 e. The second-order valence-electron chi connectivity index (χ2n) is 11.3. The van der Waals surface area contributed by atoms with Gasteiger partial charge in [0.25, 0.3) is 0 Å². The number of aryl methyl sites for hydroxylation is 1. The lowest BCUT2D eigenvalue weighted by molar-refractivity contribution is -0.144. The lowest BCUT2D eigenvalue weighted by Gasteiger charge is -2.30. The second kappa shape index (κ2) is 14.7. The molecule has 0 bridgehead atoms. The number of benzene rings is 1. The van der Waals surface area contributed by atoms with E-state index in [9.17, 15) is 19.8 Å². The molecule has 226 valence electrons. The Kier molecular flexibility index (Phi) is 11.0. The van der Waals surface area contributed by atoms with Crippen LogP contribution in [0.5, 0.6) is 11.5 Å². The number of hydrogen-bond donors (Lipinski definition) is 2. The number of carboxylic acids is 1. The lowest BCUT2D eigenvalue weighted by atomic mass is 9.83. The Morgan fingerprint density at radius 2 is 1.90 bits per heavy atom. The fourth-order valence-corrected chi connectivity index (χ4v) is 6.04. The zero-order chi connectivity index (χ0) is 29.4. The molecule has 3 heterocycles. The number of fused-ring (bicyclic) bond motifs is 1. The molecule has 11 nitrogen and oxygen atoms in total. The van der Waals surface area contributed by atoms with Gasteiger partial charge in [0.2, 0.25) is 12.7 Å². The molecule has 0 saturated carbocycles. The van der Waals surface area contributed by atoms with Crippen molar-refractivity contribution in [3.63, 3.8) is 0 Å². The molecule has 1 aromatic heterocycles. The first-order valence-electron chi connectivity index (χ1n) is 14.7. The number of aliphatic hydroxyl groups excluding tert-OH is 1. The Balaban J connectivity index is 1.58. The molecule has 0 aliphatic carbocycles. The Labute approximate surface area is 242 Å². The van der Waals surface area contributed by atoms with Gasteiger partial charge >= 0.3 is 5.97 Å². The molecule has 2 aliphatic rings. The zero-order valence-corrected chi connectivity index (χ0v) is 24.6. The van der Waals surface area contributed by atoms with Gasteiger partial charge in [0, 0.05) is 56.1 Å². The largest absolute Gasteiger partial charge is 0.481 e. The molecule has 3 atom stereocenters. The minimum absolute atomic E-state index is 0.0407. The van der Waals surface area contributed by atoms with Crippen molar-refractivity contribution in [3.8, 4) is 11.5 Å². The van der Waals surface area contributed by atoms with Crippen molar-refractivity contribution in [2.24, 2.45) is 5.92 Å². The highest BCUT2D eigenvalue weighted by Gasteiger charge is 2.47. The average Bonchev–Trinajstić information content (AvgIpc) is 3.70. The zero-order valence-electron chi connectivity index (χ0n) is 24.6. The first-order valence-corrected chi connectivity index (χ1v) is 14.7. The van der Waals surface area contributed by atoms with Crippen molar-refractivity contribution in [3.05, 3.63) is 41.7 Å². The summed E-state index contributed by atoms with van der Waals surface area (Å²) in [4.78, 5) is 32.7. The predicted molar refractivity (Wildman–Crippen MR) is 154 cm³/mol. The standard InChI is InChI=1S/C30H45N5O6/c1-4-5-12-33(13-7-6-11-32(2)3)27(37)19-34-18-24(22-16-23(20-36)29-26(17-22)40-21-41-29)28(30(38)39)25(34)9-15-35-14-8-10-31-35/h8,10,14,16-17,24-25,28,36H,4-7,9,11-13,15,18-21H2,1-3H3,(H,38,39)/t24-,25+,28-/m1/s1. The van der Waals surface area contributed by atoms with Crippen molar-refractivity contribution >= 4 is 11.9 Å². The monoisotopic (exact) mass is 571 g/mol. The molecule has 2 aromatic rings. The van der Waals surface area contributed by atoms with Crippen LogP contribution in [-0.4, -0.2) is 106 Å². The van der Waals surface area contributed by atoms with Gasteiger partial charge in [0.15, 0.2) is 11.5 Å². The number of unbranched alkanes of at least 4 members (excludes halogenated alkanes) is 2. The number of ether oxygens (including phenoxy) is 2. The number of nitrogens with zero attached hydrogens (tertiary/aromatic N) is 5. The van der Waals surface area contributed by atoms with Crippen LogP contribution in [0, 0.1) is 5.92 Å². The molecular formula is C30H45N5O6. The molecule has 41 heavy (non-hydrogen) atoms. The highest BCUT2D eigenvalue weighted by Crippen LogP contribution is 2.44. The van der Waals surface area contributed by atoms with Crippen molar-refractivity contribution < 1.29 is 29.3 Å². The number of carbonyl (C=O) groups is 2. The maximum Gasteiger partial charge on any atom is 0.308 e. The molecule has 0 radical (unpaired) electrons. The number of hydrogen-bond acceptors (Lipinski definition) is 8. The highest BCUT2D eigenvalue weighted by molar-refractivity contribution is 5.79. The third kappa shape index (κ3) is 7.78. The van der Waals surface area contributed by atoms with Gasteiger partial charge in [-0.15, -0.1) is 0 Å². The first-order chi connectivity index (χ1) is 19.8. The van der Waals surface area contributed by atoms with Crippen molar-refractivity contribution in [2.45, 2.75) is 64.1 Å². The van der Waals surface area contributed by atoms with E-state index in [0.717, 1.165) is 37.8 Å². The van der Waals surface area contributed by atoms with Crippen LogP contribution < -0.4 is 9.47 Å². The summed E-state index contributed by atoms with van der Waals surface area (Å²) in [6.07, 6.45) is 7.98. The van der Waals surface area contributed by atoms with E-state index in [1.54, 1.807) is 10.9 Å². The topological polar surface area (TPSA) is 121 Å². The number of aliphatic hydroxyl groups is 1. The van der Waals surface area contributed by atoms with E-state index in [-0.39, 0.29) is 37.8 Å². The fraction of sp³-hybridized carbons (Fsp3) is 0.633. The minimum atomic E-state index is -0.898. The van der Waals surface area contributed by atoms with Crippen molar-refractivity contribution in [2.75, 3.05) is 53.6 Å². The number of aliphatic carboxylic acids is 1. The van der Waals surface area contributed by atoms with E-state index in [1.165, 1.54) is 0 Å². The van der Waals surface area contributed by atoms with Crippen LogP contribution in [0.25, 0.3) is 0 Å². The van der Waals surface area contributed by atoms with E-state index in [1.807, 2.05) is 29.3 Å². The number of amides is 1. The fourth-order valence-electron chi connectivity index (χ4n) is 6.04. The van der Waals surface area contributed by atoms with E-state index < -0.39 is 11.9 Å². The number of rotatable bonds is 16. The molecule has 1 saturated heterocycles. The van der Waals surface area contributed by atoms with Gasteiger partial charge in [-0.3, -0.25) is 19.2 Å². The Bertz CT molecular complexity index is 1140. The average molecular weight is 572 g/mol. The van der Waals surface area contributed by atoms with Crippen LogP contribution in [-0.2, 0) is 22.7 Å². The molecule has 1 amide bonds. The minimum Gasteiger partial charge on any atom is -0.481 e. The summed E-state index contributed by atoms with van der Waals surface area (Å²) in [5.41, 5.74) is 1.35. The number of carboxylic acid groups (broad SMARTS) is 1. The summed E-state index contributed by atoms with van der Waals surface area (Å²) < 4.78 is 12.9. The molecule has 0 unspecified atom stereocenters. The van der Waals surface area contributed by atoms with Crippen LogP contribution in [0.4, 0.5) is 0 Å². The van der Waals surface area contributed by atoms with E-state index in [2.05, 4.69) is 35.9 Å². The molecular weight excluding hydrogens is 526 g/mol. The van der Waals surface area contributed by atoms with E-state index >= 15 is 0 Å². The summed E-state index contributed by atoms with van der Waals surface area (Å²) in [6, 6.07) is 5.13. The normalized spacial score (nSPS) is 20.2. The number of likely N-dealkylation sites (tertiary alicyclic amines) is 1. The van der Waals surface area contributed by atoms with Crippen molar-refractivity contribution in [1.82, 2.24) is 24.5 Å². The van der Waals surface area contributed by atoms with Gasteiger partial charge in [-0.1, -0.05) is 13.3 Å². The van der Waals surface area contributed by atoms with Gasteiger partial charge in [0.1, 0.15) is 0 Å². The SMILES string of the molecule is CCCCN(CCCCN(C)C)C(=O)CN1C[C@H](c2cc(CO)c3c(c2)OCO3)[C@@H](C(=O)O)[C@@H]1CCn1cccn1. The van der Waals surface area contributed by atoms with Crippen LogP contribution in [0.3, 0.4) is 0 Å². The molecule has 4 rings (SSSR count). The van der Waals surface area contributed by atoms with Gasteiger partial charge < -0.3 is 29.5 Å². The number of aromatic nitrogens is 2. The summed E-state index contributed by atoms with van der Waals surface area (Å²) in [7, 11) is 4.10. The Hall–Kier alpha value is -3.15. The highest BCUT2D eigenvalue weighted by atomic mass is 16.7. The van der Waals surface area contributed by atoms with Gasteiger partial charge in [-0.2, -0.15) is 5.10 Å². The quantitative estimate of drug-likeness (QED) is 0.293. The van der Waals surface area contributed by atoms with Crippen LogP contribution >= 0.6 is 0 Å². The van der Waals surface area contributed by atoms with E-state index in [0.29, 0.717) is 49.7 Å². The summed E-state index contributed by atoms with van der Waals surface area (Å²) in [5.74, 6) is -0.962. The maximum atomic E-state index is 13.7. The Morgan fingerprint density at radius 3 is 2.59 bits per heavy atom. The second-order valence-corrected chi connectivity index (χ2v) is 11.3. The number of carbonyl (C=O) groups excluding carboxylic acids is 1. The summed E-state index contributed by atoms with van der Waals surface area (Å²) in [6.45, 7) is 5.45. The van der Waals surface area contributed by atoms with Crippen LogP contribution in [0.15, 0.2) is 30.6 Å². The molecule has 2 N–H and O–H groups in total. The molecule has 0 spiro atoms. The summed E-state index contributed by atoms with van der Waals surface area (Å²) >= 11 is 0. The molecule has 1 fully saturated rings. The third-order valence-electron chi connectivity index (χ3n) is 8.17. The third-order valence-corrected chi connectivity index (χ3v) is 8.17. The molecule has 11 heteroatoms. The molecule has 2 aliphatic heterocycles. The van der Waals surface area contributed by atoms with Gasteiger partial charge in [-0.25, -0.2) is 0 Å². The van der Waals surface area contributed by atoms with Gasteiger partial charge in [0.05, 0.1) is 19.1 Å². The van der Waals surface area contributed by atoms with Crippen molar-refractivity contribution in [1.29, 1.82) is 0 Å².